The highest BCUT2D eigenvalue weighted by Gasteiger charge is 2.11. The van der Waals surface area contributed by atoms with Crippen LogP contribution in [-0.4, -0.2) is 17.1 Å². The van der Waals surface area contributed by atoms with E-state index in [1.54, 1.807) is 0 Å². The van der Waals surface area contributed by atoms with Crippen molar-refractivity contribution >= 4 is 16.9 Å². The number of hydrogen-bond donors (Lipinski definition) is 0. The summed E-state index contributed by atoms with van der Waals surface area (Å²) in [5.74, 6) is -0.200. The number of hydrogen-bond acceptors (Lipinski definition) is 2. The van der Waals surface area contributed by atoms with E-state index in [2.05, 4.69) is 24.4 Å². The van der Waals surface area contributed by atoms with E-state index in [9.17, 15) is 4.79 Å². The minimum absolute atomic E-state index is 0.200. The van der Waals surface area contributed by atoms with Crippen molar-refractivity contribution in [2.24, 2.45) is 0 Å². The average molecular weight is 293 g/mol. The van der Waals surface area contributed by atoms with Crippen molar-refractivity contribution in [2.45, 2.75) is 19.9 Å². The molecule has 1 aromatic heterocycles. The summed E-state index contributed by atoms with van der Waals surface area (Å²) in [4.78, 5) is 11.8. The van der Waals surface area contributed by atoms with E-state index in [4.69, 9.17) is 4.74 Å². The van der Waals surface area contributed by atoms with Crippen LogP contribution in [0.25, 0.3) is 10.9 Å². The third kappa shape index (κ3) is 3.03. The SMILES string of the molecule is CCOC(=O)Cn1cc(Cc2ccccc2)c2ccccc21. The molecule has 22 heavy (non-hydrogen) atoms. The molecule has 0 unspecified atom stereocenters. The second kappa shape index (κ2) is 6.48. The summed E-state index contributed by atoms with van der Waals surface area (Å²) >= 11 is 0. The number of nitrogens with zero attached hydrogens (tertiary/aromatic N) is 1. The molecule has 1 heterocycles. The Bertz CT molecular complexity index is 774. The van der Waals surface area contributed by atoms with E-state index in [0.29, 0.717) is 6.61 Å². The van der Waals surface area contributed by atoms with E-state index in [-0.39, 0.29) is 12.5 Å². The molecule has 112 valence electrons. The predicted molar refractivity (Wildman–Crippen MR) is 87.8 cm³/mol. The van der Waals surface area contributed by atoms with E-state index >= 15 is 0 Å². The number of esters is 1. The Morgan fingerprint density at radius 2 is 1.77 bits per heavy atom. The number of ether oxygens (including phenoxy) is 1. The summed E-state index contributed by atoms with van der Waals surface area (Å²) in [7, 11) is 0. The van der Waals surface area contributed by atoms with Gasteiger partial charge in [-0.1, -0.05) is 48.5 Å². The molecule has 3 heteroatoms. The van der Waals surface area contributed by atoms with Gasteiger partial charge in [-0.25, -0.2) is 0 Å². The van der Waals surface area contributed by atoms with Gasteiger partial charge in [-0.15, -0.1) is 0 Å². The normalized spacial score (nSPS) is 10.8. The Morgan fingerprint density at radius 1 is 1.05 bits per heavy atom. The molecule has 0 saturated carbocycles. The number of carbonyl (C=O) groups excluding carboxylic acids is 1. The first kappa shape index (κ1) is 14.4. The van der Waals surface area contributed by atoms with Gasteiger partial charge < -0.3 is 9.30 Å². The van der Waals surface area contributed by atoms with Crippen molar-refractivity contribution in [2.75, 3.05) is 6.61 Å². The van der Waals surface area contributed by atoms with Crippen molar-refractivity contribution in [1.82, 2.24) is 4.57 Å². The second-order valence-corrected chi connectivity index (χ2v) is 5.27. The second-order valence-electron chi connectivity index (χ2n) is 5.27. The van der Waals surface area contributed by atoms with Gasteiger partial charge in [-0.05, 0) is 30.5 Å². The van der Waals surface area contributed by atoms with E-state index < -0.39 is 0 Å². The fraction of sp³-hybridized carbons (Fsp3) is 0.211. The summed E-state index contributed by atoms with van der Waals surface area (Å²) in [6.45, 7) is 2.49. The van der Waals surface area contributed by atoms with Gasteiger partial charge in [0.1, 0.15) is 6.54 Å². The fourth-order valence-corrected chi connectivity index (χ4v) is 2.76. The number of fused-ring (bicyclic) bond motifs is 1. The van der Waals surface area contributed by atoms with Crippen LogP contribution in [0, 0.1) is 0 Å². The van der Waals surface area contributed by atoms with Crippen molar-refractivity contribution < 1.29 is 9.53 Å². The highest BCUT2D eigenvalue weighted by Crippen LogP contribution is 2.23. The minimum Gasteiger partial charge on any atom is -0.465 e. The van der Waals surface area contributed by atoms with Gasteiger partial charge in [0.15, 0.2) is 0 Å². The molecule has 0 aliphatic rings. The van der Waals surface area contributed by atoms with Crippen molar-refractivity contribution in [3.63, 3.8) is 0 Å². The molecule has 0 saturated heterocycles. The third-order valence-corrected chi connectivity index (χ3v) is 3.71. The maximum atomic E-state index is 11.8. The van der Waals surface area contributed by atoms with Crippen molar-refractivity contribution in [3.8, 4) is 0 Å². The molecule has 0 spiro atoms. The molecule has 3 aromatic rings. The molecule has 0 aliphatic carbocycles. The highest BCUT2D eigenvalue weighted by atomic mass is 16.5. The Labute approximate surface area is 130 Å². The van der Waals surface area contributed by atoms with Crippen LogP contribution in [0.1, 0.15) is 18.1 Å². The molecular weight excluding hydrogens is 274 g/mol. The van der Waals surface area contributed by atoms with Crippen LogP contribution < -0.4 is 0 Å². The topological polar surface area (TPSA) is 31.2 Å². The summed E-state index contributed by atoms with van der Waals surface area (Å²) in [6.07, 6.45) is 2.92. The Balaban J connectivity index is 1.95. The molecular formula is C19H19NO2. The molecule has 0 radical (unpaired) electrons. The molecule has 0 bridgehead atoms. The summed E-state index contributed by atoms with van der Waals surface area (Å²) in [5, 5.41) is 1.19. The van der Waals surface area contributed by atoms with Crippen LogP contribution in [0.5, 0.6) is 0 Å². The maximum Gasteiger partial charge on any atom is 0.325 e. The zero-order valence-electron chi connectivity index (χ0n) is 12.7. The zero-order chi connectivity index (χ0) is 15.4. The van der Waals surface area contributed by atoms with Crippen LogP contribution >= 0.6 is 0 Å². The lowest BCUT2D eigenvalue weighted by Crippen LogP contribution is -2.12. The van der Waals surface area contributed by atoms with Crippen LogP contribution in [0.15, 0.2) is 60.8 Å². The molecule has 3 rings (SSSR count). The average Bonchev–Trinajstić information content (AvgIpc) is 2.87. The first-order chi connectivity index (χ1) is 10.8. The number of rotatable bonds is 5. The largest absolute Gasteiger partial charge is 0.465 e. The number of benzene rings is 2. The molecule has 0 N–H and O–H groups in total. The third-order valence-electron chi connectivity index (χ3n) is 3.71. The lowest BCUT2D eigenvalue weighted by molar-refractivity contribution is -0.143. The number of para-hydroxylation sites is 1. The van der Waals surface area contributed by atoms with Gasteiger partial charge in [0.2, 0.25) is 0 Å². The quantitative estimate of drug-likeness (QED) is 0.670. The van der Waals surface area contributed by atoms with E-state index in [0.717, 1.165) is 11.9 Å². The molecule has 0 atom stereocenters. The lowest BCUT2D eigenvalue weighted by atomic mass is 10.0. The van der Waals surface area contributed by atoms with Crippen LogP contribution in [0.3, 0.4) is 0 Å². The highest BCUT2D eigenvalue weighted by molar-refractivity contribution is 5.85. The summed E-state index contributed by atoms with van der Waals surface area (Å²) in [6, 6.07) is 18.5. The van der Waals surface area contributed by atoms with Gasteiger partial charge >= 0.3 is 5.97 Å². The maximum absolute atomic E-state index is 11.8. The van der Waals surface area contributed by atoms with Gasteiger partial charge in [-0.3, -0.25) is 4.79 Å². The molecule has 3 nitrogen and oxygen atoms in total. The number of carbonyl (C=O) groups is 1. The standard InChI is InChI=1S/C19H19NO2/c1-2-22-19(21)14-20-13-16(12-15-8-4-3-5-9-15)17-10-6-7-11-18(17)20/h3-11,13H,2,12,14H2,1H3. The van der Waals surface area contributed by atoms with E-state index in [1.807, 2.05) is 47.9 Å². The van der Waals surface area contributed by atoms with Gasteiger partial charge in [0, 0.05) is 17.1 Å². The fourth-order valence-electron chi connectivity index (χ4n) is 2.76. The minimum atomic E-state index is -0.200. The molecule has 0 amide bonds. The predicted octanol–water partition coefficient (Wildman–Crippen LogP) is 3.80. The lowest BCUT2D eigenvalue weighted by Gasteiger charge is -2.04. The summed E-state index contributed by atoms with van der Waals surface area (Å²) < 4.78 is 7.04. The monoisotopic (exact) mass is 293 g/mol. The smallest absolute Gasteiger partial charge is 0.325 e. The van der Waals surface area contributed by atoms with Crippen LogP contribution in [0.4, 0.5) is 0 Å². The molecule has 0 fully saturated rings. The Hall–Kier alpha value is -2.55. The van der Waals surface area contributed by atoms with Gasteiger partial charge in [0.25, 0.3) is 0 Å². The summed E-state index contributed by atoms with van der Waals surface area (Å²) in [5.41, 5.74) is 3.56. The Morgan fingerprint density at radius 3 is 2.55 bits per heavy atom. The van der Waals surface area contributed by atoms with Crippen LogP contribution in [0.2, 0.25) is 0 Å². The Kier molecular flexibility index (Phi) is 4.24. The van der Waals surface area contributed by atoms with Gasteiger partial charge in [0.05, 0.1) is 6.61 Å². The molecule has 0 aliphatic heterocycles. The van der Waals surface area contributed by atoms with Gasteiger partial charge in [-0.2, -0.15) is 0 Å². The first-order valence-corrected chi connectivity index (χ1v) is 7.54. The van der Waals surface area contributed by atoms with Crippen molar-refractivity contribution in [1.29, 1.82) is 0 Å². The van der Waals surface area contributed by atoms with Crippen molar-refractivity contribution in [3.05, 3.63) is 71.9 Å². The first-order valence-electron chi connectivity index (χ1n) is 7.54. The molecule has 2 aromatic carbocycles. The van der Waals surface area contributed by atoms with Crippen LogP contribution in [-0.2, 0) is 22.5 Å². The zero-order valence-corrected chi connectivity index (χ0v) is 12.7. The van der Waals surface area contributed by atoms with E-state index in [1.165, 1.54) is 16.5 Å². The number of aromatic nitrogens is 1.